The number of hydrogen-bond donors (Lipinski definition) is 2. The van der Waals surface area contributed by atoms with Gasteiger partial charge in [0.05, 0.1) is 11.5 Å². The Kier molecular flexibility index (Phi) is 6.17. The van der Waals surface area contributed by atoms with Gasteiger partial charge in [-0.05, 0) is 19.5 Å². The lowest BCUT2D eigenvalue weighted by Gasteiger charge is -2.25. The Morgan fingerprint density at radius 2 is 2.05 bits per heavy atom. The third kappa shape index (κ3) is 4.43. The molecule has 0 aromatic heterocycles. The van der Waals surface area contributed by atoms with E-state index in [1.807, 2.05) is 0 Å². The molecule has 6 nitrogen and oxygen atoms in total. The summed E-state index contributed by atoms with van der Waals surface area (Å²) in [6.07, 6.45) is 0.913. The van der Waals surface area contributed by atoms with Crippen molar-refractivity contribution in [3.8, 4) is 0 Å². The van der Waals surface area contributed by atoms with E-state index in [0.717, 1.165) is 19.5 Å². The highest BCUT2D eigenvalue weighted by Gasteiger charge is 2.31. The molecule has 0 radical (unpaired) electrons. The van der Waals surface area contributed by atoms with E-state index in [1.54, 1.807) is 4.90 Å². The summed E-state index contributed by atoms with van der Waals surface area (Å²) < 4.78 is 0. The Labute approximate surface area is 119 Å². The minimum absolute atomic E-state index is 0.0627. The van der Waals surface area contributed by atoms with Crippen LogP contribution in [-0.2, 0) is 9.59 Å². The van der Waals surface area contributed by atoms with Gasteiger partial charge in [-0.15, -0.1) is 0 Å². The second-order valence-corrected chi connectivity index (χ2v) is 5.09. The molecule has 1 saturated heterocycles. The Morgan fingerprint density at radius 1 is 1.42 bits per heavy atom. The second kappa shape index (κ2) is 7.40. The van der Waals surface area contributed by atoms with Gasteiger partial charge < -0.3 is 16.0 Å². The molecule has 1 heterocycles. The summed E-state index contributed by atoms with van der Waals surface area (Å²) in [5.41, 5.74) is 5.28. The Morgan fingerprint density at radius 3 is 2.58 bits per heavy atom. The highest BCUT2D eigenvalue weighted by molar-refractivity contribution is 7.80. The minimum atomic E-state index is -0.631. The smallest absolute Gasteiger partial charge is 0.311 e. The molecule has 0 bridgehead atoms. The van der Waals surface area contributed by atoms with Gasteiger partial charge >= 0.3 is 11.8 Å². The van der Waals surface area contributed by atoms with Gasteiger partial charge in [-0.25, -0.2) is 0 Å². The topological polar surface area (TPSA) is 78.7 Å². The number of nitrogens with zero attached hydrogens (tertiary/aromatic N) is 2. The van der Waals surface area contributed by atoms with Crippen molar-refractivity contribution in [1.82, 2.24) is 15.1 Å². The average Bonchev–Trinajstić information content (AvgIpc) is 2.86. The molecule has 1 rings (SSSR count). The molecule has 0 saturated carbocycles. The summed E-state index contributed by atoms with van der Waals surface area (Å²) in [6.45, 7) is 7.41. The minimum Gasteiger partial charge on any atom is -0.392 e. The molecule has 0 spiro atoms. The number of thiocarbonyl (C=S) groups is 1. The molecule has 0 aromatic carbocycles. The second-order valence-electron chi connectivity index (χ2n) is 4.56. The number of likely N-dealkylation sites (N-methyl/N-ethyl adjacent to an activating group) is 1. The van der Waals surface area contributed by atoms with E-state index in [-0.39, 0.29) is 11.5 Å². The zero-order chi connectivity index (χ0) is 14.4. The van der Waals surface area contributed by atoms with E-state index in [9.17, 15) is 9.59 Å². The first-order chi connectivity index (χ1) is 8.99. The maximum absolute atomic E-state index is 11.9. The first-order valence-electron chi connectivity index (χ1n) is 6.59. The normalized spacial score (nSPS) is 18.7. The van der Waals surface area contributed by atoms with Crippen LogP contribution in [0, 0.1) is 0 Å². The van der Waals surface area contributed by atoms with E-state index in [1.165, 1.54) is 0 Å². The van der Waals surface area contributed by atoms with E-state index in [0.29, 0.717) is 19.1 Å². The molecular formula is C12H22N4O2S. The van der Waals surface area contributed by atoms with Gasteiger partial charge in [0.15, 0.2) is 0 Å². The van der Waals surface area contributed by atoms with Crippen LogP contribution >= 0.6 is 12.2 Å². The highest BCUT2D eigenvalue weighted by atomic mass is 32.1. The van der Waals surface area contributed by atoms with Crippen LogP contribution in [0.15, 0.2) is 0 Å². The lowest BCUT2D eigenvalue weighted by Crippen LogP contribution is -2.45. The third-order valence-corrected chi connectivity index (χ3v) is 3.54. The van der Waals surface area contributed by atoms with Crippen LogP contribution in [0.2, 0.25) is 0 Å². The monoisotopic (exact) mass is 286 g/mol. The van der Waals surface area contributed by atoms with Gasteiger partial charge in [0.25, 0.3) is 0 Å². The van der Waals surface area contributed by atoms with Crippen molar-refractivity contribution >= 4 is 29.0 Å². The van der Waals surface area contributed by atoms with Crippen LogP contribution in [0.5, 0.6) is 0 Å². The van der Waals surface area contributed by atoms with Crippen molar-refractivity contribution in [2.75, 3.05) is 32.7 Å². The number of nitrogens with one attached hydrogen (secondary N) is 1. The lowest BCUT2D eigenvalue weighted by molar-refractivity contribution is -0.145. The molecule has 7 heteroatoms. The first-order valence-corrected chi connectivity index (χ1v) is 6.99. The summed E-state index contributed by atoms with van der Waals surface area (Å²) >= 11 is 4.65. The molecule has 1 fully saturated rings. The van der Waals surface area contributed by atoms with Crippen LogP contribution in [0.3, 0.4) is 0 Å². The fourth-order valence-electron chi connectivity index (χ4n) is 2.35. The van der Waals surface area contributed by atoms with Crippen LogP contribution in [0.4, 0.5) is 0 Å². The van der Waals surface area contributed by atoms with Crippen molar-refractivity contribution < 1.29 is 9.59 Å². The van der Waals surface area contributed by atoms with Gasteiger partial charge in [0.2, 0.25) is 0 Å². The van der Waals surface area contributed by atoms with E-state index in [4.69, 9.17) is 5.73 Å². The number of rotatable bonds is 5. The Balaban J connectivity index is 2.47. The number of carbonyl (C=O) groups excluding carboxylic acids is 2. The van der Waals surface area contributed by atoms with E-state index in [2.05, 4.69) is 36.3 Å². The highest BCUT2D eigenvalue weighted by Crippen LogP contribution is 2.15. The summed E-state index contributed by atoms with van der Waals surface area (Å²) in [6, 6.07) is 0.349. The predicted octanol–water partition coefficient (Wildman–Crippen LogP) is -0.669. The summed E-state index contributed by atoms with van der Waals surface area (Å²) in [7, 11) is 0. The molecule has 0 aromatic rings. The number of nitrogens with two attached hydrogens (primary N) is 1. The van der Waals surface area contributed by atoms with Crippen molar-refractivity contribution in [2.45, 2.75) is 26.3 Å². The Hall–Kier alpha value is -1.21. The molecule has 0 aliphatic carbocycles. The molecule has 19 heavy (non-hydrogen) atoms. The van der Waals surface area contributed by atoms with Crippen molar-refractivity contribution in [1.29, 1.82) is 0 Å². The summed E-state index contributed by atoms with van der Waals surface area (Å²) in [5, 5.41) is 2.42. The molecule has 1 atom stereocenters. The van der Waals surface area contributed by atoms with Gasteiger partial charge in [-0.3, -0.25) is 14.5 Å². The van der Waals surface area contributed by atoms with Gasteiger partial charge in [-0.1, -0.05) is 26.1 Å². The van der Waals surface area contributed by atoms with E-state index >= 15 is 0 Å². The largest absolute Gasteiger partial charge is 0.392 e. The van der Waals surface area contributed by atoms with Crippen LogP contribution in [-0.4, -0.2) is 65.4 Å². The quantitative estimate of drug-likeness (QED) is 0.518. The molecule has 3 N–H and O–H groups in total. The Bertz CT molecular complexity index is 358. The number of hydrogen-bond acceptors (Lipinski definition) is 4. The zero-order valence-electron chi connectivity index (χ0n) is 11.5. The van der Waals surface area contributed by atoms with E-state index < -0.39 is 11.8 Å². The van der Waals surface area contributed by atoms with Crippen molar-refractivity contribution in [2.24, 2.45) is 5.73 Å². The molecule has 1 aliphatic rings. The summed E-state index contributed by atoms with van der Waals surface area (Å²) in [4.78, 5) is 27.6. The zero-order valence-corrected chi connectivity index (χ0v) is 12.3. The molecule has 108 valence electrons. The van der Waals surface area contributed by atoms with Crippen LogP contribution < -0.4 is 11.1 Å². The maximum Gasteiger partial charge on any atom is 0.311 e. The first kappa shape index (κ1) is 15.8. The SMILES string of the molecule is CCN(CC)C1CCN(C(=O)C(=O)NCC(N)=S)C1. The van der Waals surface area contributed by atoms with Crippen molar-refractivity contribution in [3.63, 3.8) is 0 Å². The average molecular weight is 286 g/mol. The molecule has 1 aliphatic heterocycles. The standard InChI is InChI=1S/C12H22N4O2S/c1-3-15(4-2)9-5-6-16(8-9)12(18)11(17)14-7-10(13)19/h9H,3-8H2,1-2H3,(H2,13,19)(H,14,17). The third-order valence-electron chi connectivity index (χ3n) is 3.40. The van der Waals surface area contributed by atoms with Crippen LogP contribution in [0.1, 0.15) is 20.3 Å². The van der Waals surface area contributed by atoms with Gasteiger partial charge in [-0.2, -0.15) is 0 Å². The summed E-state index contributed by atoms with van der Waals surface area (Å²) in [5.74, 6) is -1.13. The maximum atomic E-state index is 11.9. The van der Waals surface area contributed by atoms with Gasteiger partial charge in [0.1, 0.15) is 0 Å². The number of amides is 2. The van der Waals surface area contributed by atoms with Crippen molar-refractivity contribution in [3.05, 3.63) is 0 Å². The number of likely N-dealkylation sites (tertiary alicyclic amines) is 1. The fraction of sp³-hybridized carbons (Fsp3) is 0.750. The van der Waals surface area contributed by atoms with Gasteiger partial charge in [0, 0.05) is 19.1 Å². The fourth-order valence-corrected chi connectivity index (χ4v) is 2.42. The molecule has 1 unspecified atom stereocenters. The lowest BCUT2D eigenvalue weighted by atomic mass is 10.2. The predicted molar refractivity (Wildman–Crippen MR) is 77.7 cm³/mol. The molecular weight excluding hydrogens is 264 g/mol. The number of carbonyl (C=O) groups is 2. The molecule has 2 amide bonds. The van der Waals surface area contributed by atoms with Crippen LogP contribution in [0.25, 0.3) is 0 Å².